The molecule has 0 aromatic heterocycles. The Hall–Kier alpha value is -1.59. The minimum Gasteiger partial charge on any atom is -0.462 e. The van der Waals surface area contributed by atoms with E-state index in [4.69, 9.17) is 14.2 Å². The zero-order valence-corrected chi connectivity index (χ0v) is 40.9. The molecular formula is C54H104O6. The van der Waals surface area contributed by atoms with Crippen molar-refractivity contribution in [1.82, 2.24) is 0 Å². The molecule has 0 aliphatic heterocycles. The SMILES string of the molecule is CCCCCCCCCCCCCC(=O)O[C@H](COC(=O)CCCCCCCCCCC)COC(=O)CCCCCCCCCCCCCCCCCCCCC(C)CC. The molecule has 0 rings (SSSR count). The second kappa shape index (κ2) is 48.4. The first-order valence-electron chi connectivity index (χ1n) is 26.9. The summed E-state index contributed by atoms with van der Waals surface area (Å²) in [5, 5.41) is 0. The van der Waals surface area contributed by atoms with Crippen molar-refractivity contribution < 1.29 is 28.6 Å². The van der Waals surface area contributed by atoms with E-state index in [9.17, 15) is 14.4 Å². The van der Waals surface area contributed by atoms with Crippen molar-refractivity contribution in [3.63, 3.8) is 0 Å². The Balaban J connectivity index is 4.14. The van der Waals surface area contributed by atoms with Gasteiger partial charge in [0.05, 0.1) is 0 Å². The fourth-order valence-electron chi connectivity index (χ4n) is 8.19. The van der Waals surface area contributed by atoms with Crippen LogP contribution in [0.3, 0.4) is 0 Å². The molecule has 1 unspecified atom stereocenters. The summed E-state index contributed by atoms with van der Waals surface area (Å²) in [7, 11) is 0. The third-order valence-electron chi connectivity index (χ3n) is 12.7. The Bertz CT molecular complexity index is 905. The van der Waals surface area contributed by atoms with Crippen LogP contribution in [0, 0.1) is 5.92 Å². The van der Waals surface area contributed by atoms with E-state index in [1.165, 1.54) is 199 Å². The third-order valence-corrected chi connectivity index (χ3v) is 12.7. The Kier molecular flexibility index (Phi) is 47.2. The van der Waals surface area contributed by atoms with E-state index in [1.807, 2.05) is 0 Å². The fourth-order valence-corrected chi connectivity index (χ4v) is 8.19. The highest BCUT2D eigenvalue weighted by Crippen LogP contribution is 2.18. The van der Waals surface area contributed by atoms with Gasteiger partial charge in [0.15, 0.2) is 6.10 Å². The van der Waals surface area contributed by atoms with Crippen molar-refractivity contribution >= 4 is 17.9 Å². The van der Waals surface area contributed by atoms with Crippen LogP contribution in [0.5, 0.6) is 0 Å². The minimum atomic E-state index is -0.759. The minimum absolute atomic E-state index is 0.0626. The molecule has 0 amide bonds. The zero-order valence-electron chi connectivity index (χ0n) is 40.9. The molecule has 0 spiro atoms. The Morgan fingerprint density at radius 2 is 0.583 bits per heavy atom. The van der Waals surface area contributed by atoms with Crippen molar-refractivity contribution in [3.05, 3.63) is 0 Å². The van der Waals surface area contributed by atoms with Crippen LogP contribution in [-0.2, 0) is 28.6 Å². The summed E-state index contributed by atoms with van der Waals surface area (Å²) >= 11 is 0. The summed E-state index contributed by atoms with van der Waals surface area (Å²) in [5.41, 5.74) is 0. The number of unbranched alkanes of at least 4 members (excludes halogenated alkanes) is 35. The van der Waals surface area contributed by atoms with Gasteiger partial charge in [0.1, 0.15) is 13.2 Å². The summed E-state index contributed by atoms with van der Waals surface area (Å²) in [6, 6.07) is 0. The molecule has 6 nitrogen and oxygen atoms in total. The van der Waals surface area contributed by atoms with Gasteiger partial charge in [-0.3, -0.25) is 14.4 Å². The standard InChI is InChI=1S/C54H104O6/c1-5-8-10-12-14-16-25-31-35-39-43-47-54(57)60-51(48-58-52(55)45-41-37-33-28-15-13-11-9-6-2)49-59-53(56)46-42-38-34-30-27-24-22-20-18-17-19-21-23-26-29-32-36-40-44-50(4)7-3/h50-51H,5-49H2,1-4H3/t50?,51-/m1/s1. The van der Waals surface area contributed by atoms with E-state index >= 15 is 0 Å². The average Bonchev–Trinajstić information content (AvgIpc) is 3.25. The van der Waals surface area contributed by atoms with Crippen molar-refractivity contribution in [2.75, 3.05) is 13.2 Å². The number of carbonyl (C=O) groups excluding carboxylic acids is 3. The molecular weight excluding hydrogens is 745 g/mol. The fraction of sp³-hybridized carbons (Fsp3) is 0.944. The lowest BCUT2D eigenvalue weighted by atomic mass is 9.99. The number of rotatable bonds is 49. The van der Waals surface area contributed by atoms with Crippen LogP contribution in [0.15, 0.2) is 0 Å². The molecule has 0 aromatic rings. The van der Waals surface area contributed by atoms with Gasteiger partial charge in [-0.25, -0.2) is 0 Å². The highest BCUT2D eigenvalue weighted by atomic mass is 16.6. The summed E-state index contributed by atoms with van der Waals surface area (Å²) in [6.45, 7) is 9.06. The van der Waals surface area contributed by atoms with Gasteiger partial charge in [-0.05, 0) is 25.2 Å². The van der Waals surface area contributed by atoms with Crippen molar-refractivity contribution in [2.45, 2.75) is 310 Å². The van der Waals surface area contributed by atoms with Crippen LogP contribution in [-0.4, -0.2) is 37.2 Å². The molecule has 6 heteroatoms. The molecule has 0 aliphatic rings. The van der Waals surface area contributed by atoms with Crippen LogP contribution in [0.1, 0.15) is 304 Å². The van der Waals surface area contributed by atoms with Gasteiger partial charge >= 0.3 is 17.9 Å². The monoisotopic (exact) mass is 849 g/mol. The van der Waals surface area contributed by atoms with Crippen molar-refractivity contribution in [2.24, 2.45) is 5.92 Å². The maximum Gasteiger partial charge on any atom is 0.306 e. The topological polar surface area (TPSA) is 78.9 Å². The Morgan fingerprint density at radius 1 is 0.333 bits per heavy atom. The predicted octanol–water partition coefficient (Wildman–Crippen LogP) is 17.5. The van der Waals surface area contributed by atoms with Crippen LogP contribution in [0.2, 0.25) is 0 Å². The molecule has 0 aromatic carbocycles. The van der Waals surface area contributed by atoms with Gasteiger partial charge in [-0.1, -0.05) is 265 Å². The van der Waals surface area contributed by atoms with Crippen LogP contribution < -0.4 is 0 Å². The van der Waals surface area contributed by atoms with Crippen molar-refractivity contribution in [3.8, 4) is 0 Å². The number of hydrogen-bond acceptors (Lipinski definition) is 6. The molecule has 0 fully saturated rings. The van der Waals surface area contributed by atoms with Gasteiger partial charge in [0, 0.05) is 19.3 Å². The van der Waals surface area contributed by atoms with Crippen LogP contribution in [0.25, 0.3) is 0 Å². The third kappa shape index (κ3) is 45.9. The van der Waals surface area contributed by atoms with Gasteiger partial charge in [0.2, 0.25) is 0 Å². The summed E-state index contributed by atoms with van der Waals surface area (Å²) < 4.78 is 16.8. The summed E-state index contributed by atoms with van der Waals surface area (Å²) in [4.78, 5) is 37.8. The van der Waals surface area contributed by atoms with Crippen LogP contribution >= 0.6 is 0 Å². The Labute approximate surface area is 374 Å². The molecule has 0 saturated carbocycles. The van der Waals surface area contributed by atoms with E-state index in [1.54, 1.807) is 0 Å². The lowest BCUT2D eigenvalue weighted by Gasteiger charge is -2.18. The number of carbonyl (C=O) groups is 3. The van der Waals surface area contributed by atoms with Gasteiger partial charge in [-0.2, -0.15) is 0 Å². The van der Waals surface area contributed by atoms with E-state index in [0.717, 1.165) is 63.7 Å². The molecule has 0 bridgehead atoms. The van der Waals surface area contributed by atoms with Gasteiger partial charge < -0.3 is 14.2 Å². The molecule has 0 N–H and O–H groups in total. The zero-order chi connectivity index (χ0) is 43.8. The highest BCUT2D eigenvalue weighted by molar-refractivity contribution is 5.71. The van der Waals surface area contributed by atoms with E-state index in [-0.39, 0.29) is 31.1 Å². The predicted molar refractivity (Wildman–Crippen MR) is 257 cm³/mol. The van der Waals surface area contributed by atoms with Gasteiger partial charge in [0.25, 0.3) is 0 Å². The lowest BCUT2D eigenvalue weighted by Crippen LogP contribution is -2.30. The Morgan fingerprint density at radius 3 is 0.867 bits per heavy atom. The summed E-state index contributed by atoms with van der Waals surface area (Å²) in [5.74, 6) is 0.0637. The molecule has 0 aliphatic carbocycles. The molecule has 356 valence electrons. The molecule has 0 heterocycles. The van der Waals surface area contributed by atoms with Crippen LogP contribution in [0.4, 0.5) is 0 Å². The normalized spacial score (nSPS) is 12.4. The first-order valence-corrected chi connectivity index (χ1v) is 26.9. The quantitative estimate of drug-likeness (QED) is 0.0345. The van der Waals surface area contributed by atoms with E-state index in [2.05, 4.69) is 27.7 Å². The molecule has 0 saturated heterocycles. The largest absolute Gasteiger partial charge is 0.462 e. The first-order chi connectivity index (χ1) is 29.4. The van der Waals surface area contributed by atoms with Crippen molar-refractivity contribution in [1.29, 1.82) is 0 Å². The lowest BCUT2D eigenvalue weighted by molar-refractivity contribution is -0.167. The maximum absolute atomic E-state index is 12.7. The average molecular weight is 849 g/mol. The smallest absolute Gasteiger partial charge is 0.306 e. The molecule has 2 atom stereocenters. The second-order valence-electron chi connectivity index (χ2n) is 18.8. The summed E-state index contributed by atoms with van der Waals surface area (Å²) in [6.07, 6.45) is 50.9. The molecule has 0 radical (unpaired) electrons. The number of esters is 3. The number of hydrogen-bond donors (Lipinski definition) is 0. The highest BCUT2D eigenvalue weighted by Gasteiger charge is 2.19. The van der Waals surface area contributed by atoms with E-state index in [0.29, 0.717) is 19.3 Å². The van der Waals surface area contributed by atoms with E-state index < -0.39 is 6.10 Å². The first kappa shape index (κ1) is 58.4. The van der Waals surface area contributed by atoms with Gasteiger partial charge in [-0.15, -0.1) is 0 Å². The molecule has 60 heavy (non-hydrogen) atoms. The number of ether oxygens (including phenoxy) is 3. The second-order valence-corrected chi connectivity index (χ2v) is 18.8. The maximum atomic E-state index is 12.7.